The first-order valence-corrected chi connectivity index (χ1v) is 5.33. The van der Waals surface area contributed by atoms with E-state index in [1.54, 1.807) is 0 Å². The van der Waals surface area contributed by atoms with Crippen molar-refractivity contribution in [3.8, 4) is 0 Å². The standard InChI is InChI=1S/C11H11BrN2/c12-10-6-9-5-8(3-4-13)1-2-11(9)14-7-10/h1-2,5-7H,3-4,13H2. The Hall–Kier alpha value is -0.930. The normalized spacial score (nSPS) is 10.7. The summed E-state index contributed by atoms with van der Waals surface area (Å²) in [6, 6.07) is 8.32. The molecular formula is C11H11BrN2. The Balaban J connectivity index is 2.52. The molecule has 1 aromatic carbocycles. The monoisotopic (exact) mass is 250 g/mol. The van der Waals surface area contributed by atoms with E-state index in [0.717, 1.165) is 21.8 Å². The van der Waals surface area contributed by atoms with Crippen molar-refractivity contribution in [2.45, 2.75) is 6.42 Å². The van der Waals surface area contributed by atoms with Crippen LogP contribution in [0, 0.1) is 0 Å². The summed E-state index contributed by atoms with van der Waals surface area (Å²) in [5, 5.41) is 1.16. The van der Waals surface area contributed by atoms with Crippen molar-refractivity contribution >= 4 is 26.8 Å². The van der Waals surface area contributed by atoms with E-state index in [1.807, 2.05) is 12.3 Å². The lowest BCUT2D eigenvalue weighted by Crippen LogP contribution is -2.02. The summed E-state index contributed by atoms with van der Waals surface area (Å²) in [6.45, 7) is 0.687. The predicted molar refractivity (Wildman–Crippen MR) is 62.2 cm³/mol. The molecule has 72 valence electrons. The van der Waals surface area contributed by atoms with E-state index in [0.29, 0.717) is 6.54 Å². The van der Waals surface area contributed by atoms with Gasteiger partial charge in [0.2, 0.25) is 0 Å². The van der Waals surface area contributed by atoms with Crippen molar-refractivity contribution in [1.82, 2.24) is 4.98 Å². The van der Waals surface area contributed by atoms with Gasteiger partial charge in [0.05, 0.1) is 5.52 Å². The number of nitrogens with zero attached hydrogens (tertiary/aromatic N) is 1. The molecule has 2 rings (SSSR count). The zero-order chi connectivity index (χ0) is 9.97. The first-order chi connectivity index (χ1) is 6.79. The van der Waals surface area contributed by atoms with Gasteiger partial charge in [-0.3, -0.25) is 4.98 Å². The van der Waals surface area contributed by atoms with E-state index in [9.17, 15) is 0 Å². The molecule has 14 heavy (non-hydrogen) atoms. The summed E-state index contributed by atoms with van der Waals surface area (Å²) >= 11 is 3.41. The van der Waals surface area contributed by atoms with Crippen molar-refractivity contribution in [3.05, 3.63) is 40.5 Å². The number of hydrogen-bond donors (Lipinski definition) is 1. The highest BCUT2D eigenvalue weighted by molar-refractivity contribution is 9.10. The molecule has 0 atom stereocenters. The third kappa shape index (κ3) is 1.94. The van der Waals surface area contributed by atoms with Gasteiger partial charge in [0.1, 0.15) is 0 Å². The van der Waals surface area contributed by atoms with Crippen LogP contribution in [0.2, 0.25) is 0 Å². The average Bonchev–Trinajstić information content (AvgIpc) is 2.17. The molecule has 1 aromatic heterocycles. The molecule has 0 saturated heterocycles. The molecule has 0 saturated carbocycles. The quantitative estimate of drug-likeness (QED) is 0.890. The van der Waals surface area contributed by atoms with Crippen LogP contribution in [0.5, 0.6) is 0 Å². The number of rotatable bonds is 2. The molecule has 0 spiro atoms. The lowest BCUT2D eigenvalue weighted by Gasteiger charge is -2.01. The molecule has 0 aliphatic rings. The number of fused-ring (bicyclic) bond motifs is 1. The first kappa shape index (κ1) is 9.62. The fourth-order valence-electron chi connectivity index (χ4n) is 1.48. The van der Waals surface area contributed by atoms with Crippen molar-refractivity contribution < 1.29 is 0 Å². The second-order valence-electron chi connectivity index (χ2n) is 3.22. The SMILES string of the molecule is NCCc1ccc2ncc(Br)cc2c1. The van der Waals surface area contributed by atoms with Gasteiger partial charge < -0.3 is 5.73 Å². The van der Waals surface area contributed by atoms with Crippen LogP contribution in [0.15, 0.2) is 34.9 Å². The minimum atomic E-state index is 0.687. The van der Waals surface area contributed by atoms with Crippen LogP contribution in [0.1, 0.15) is 5.56 Å². The van der Waals surface area contributed by atoms with Crippen LogP contribution in [0.4, 0.5) is 0 Å². The van der Waals surface area contributed by atoms with Crippen molar-refractivity contribution in [3.63, 3.8) is 0 Å². The number of aromatic nitrogens is 1. The van der Waals surface area contributed by atoms with Gasteiger partial charge in [-0.25, -0.2) is 0 Å². The summed E-state index contributed by atoms with van der Waals surface area (Å²) in [5.41, 5.74) is 7.80. The van der Waals surface area contributed by atoms with E-state index >= 15 is 0 Å². The molecule has 0 aliphatic carbocycles. The van der Waals surface area contributed by atoms with Crippen molar-refractivity contribution in [1.29, 1.82) is 0 Å². The predicted octanol–water partition coefficient (Wildman–Crippen LogP) is 2.50. The summed E-state index contributed by atoms with van der Waals surface area (Å²) in [4.78, 5) is 4.30. The first-order valence-electron chi connectivity index (χ1n) is 4.54. The highest BCUT2D eigenvalue weighted by Crippen LogP contribution is 2.18. The highest BCUT2D eigenvalue weighted by atomic mass is 79.9. The Morgan fingerprint density at radius 2 is 2.14 bits per heavy atom. The van der Waals surface area contributed by atoms with Gasteiger partial charge in [-0.15, -0.1) is 0 Å². The maximum Gasteiger partial charge on any atom is 0.0703 e. The van der Waals surface area contributed by atoms with Crippen molar-refractivity contribution in [2.75, 3.05) is 6.54 Å². The molecule has 0 unspecified atom stereocenters. The van der Waals surface area contributed by atoms with Crippen molar-refractivity contribution in [2.24, 2.45) is 5.73 Å². The molecule has 2 aromatic rings. The molecule has 1 heterocycles. The van der Waals surface area contributed by atoms with E-state index in [1.165, 1.54) is 5.56 Å². The molecule has 0 radical (unpaired) electrons. The zero-order valence-corrected chi connectivity index (χ0v) is 9.29. The van der Waals surface area contributed by atoms with Gasteiger partial charge in [0.25, 0.3) is 0 Å². The fourth-order valence-corrected chi connectivity index (χ4v) is 1.83. The average molecular weight is 251 g/mol. The van der Waals surface area contributed by atoms with E-state index in [2.05, 4.69) is 39.1 Å². The second kappa shape index (κ2) is 4.07. The number of benzene rings is 1. The molecular weight excluding hydrogens is 240 g/mol. The molecule has 2 nitrogen and oxygen atoms in total. The van der Waals surface area contributed by atoms with Crippen LogP contribution in [-0.2, 0) is 6.42 Å². The maximum atomic E-state index is 5.51. The van der Waals surface area contributed by atoms with Crippen LogP contribution in [0.3, 0.4) is 0 Å². The summed E-state index contributed by atoms with van der Waals surface area (Å²) in [6.07, 6.45) is 2.73. The number of halogens is 1. The molecule has 0 fully saturated rings. The molecule has 3 heteroatoms. The summed E-state index contributed by atoms with van der Waals surface area (Å²) < 4.78 is 1.01. The Kier molecular flexibility index (Phi) is 2.79. The Morgan fingerprint density at radius 3 is 2.93 bits per heavy atom. The van der Waals surface area contributed by atoms with Gasteiger partial charge >= 0.3 is 0 Å². The third-order valence-electron chi connectivity index (χ3n) is 2.15. The van der Waals surface area contributed by atoms with Gasteiger partial charge in [0, 0.05) is 16.1 Å². The molecule has 2 N–H and O–H groups in total. The molecule has 0 amide bonds. The minimum Gasteiger partial charge on any atom is -0.330 e. The molecule has 0 aliphatic heterocycles. The summed E-state index contributed by atoms with van der Waals surface area (Å²) in [5.74, 6) is 0. The van der Waals surface area contributed by atoms with Gasteiger partial charge in [-0.2, -0.15) is 0 Å². The maximum absolute atomic E-state index is 5.51. The Labute approximate surface area is 91.3 Å². The fraction of sp³-hybridized carbons (Fsp3) is 0.182. The van der Waals surface area contributed by atoms with E-state index < -0.39 is 0 Å². The van der Waals surface area contributed by atoms with Gasteiger partial charge in [-0.05, 0) is 52.7 Å². The van der Waals surface area contributed by atoms with E-state index in [-0.39, 0.29) is 0 Å². The van der Waals surface area contributed by atoms with Crippen LogP contribution < -0.4 is 5.73 Å². The number of pyridine rings is 1. The Bertz CT molecular complexity index is 454. The summed E-state index contributed by atoms with van der Waals surface area (Å²) in [7, 11) is 0. The smallest absolute Gasteiger partial charge is 0.0703 e. The Morgan fingerprint density at radius 1 is 1.29 bits per heavy atom. The largest absolute Gasteiger partial charge is 0.330 e. The lowest BCUT2D eigenvalue weighted by molar-refractivity contribution is 0.970. The van der Waals surface area contributed by atoms with Crippen LogP contribution in [0.25, 0.3) is 10.9 Å². The molecule has 0 bridgehead atoms. The van der Waals surface area contributed by atoms with Gasteiger partial charge in [0.15, 0.2) is 0 Å². The third-order valence-corrected chi connectivity index (χ3v) is 2.58. The lowest BCUT2D eigenvalue weighted by atomic mass is 10.1. The number of nitrogens with two attached hydrogens (primary N) is 1. The number of hydrogen-bond acceptors (Lipinski definition) is 2. The minimum absolute atomic E-state index is 0.687. The zero-order valence-electron chi connectivity index (χ0n) is 7.70. The van der Waals surface area contributed by atoms with Crippen LogP contribution >= 0.6 is 15.9 Å². The van der Waals surface area contributed by atoms with E-state index in [4.69, 9.17) is 5.73 Å². The second-order valence-corrected chi connectivity index (χ2v) is 4.13. The van der Waals surface area contributed by atoms with Gasteiger partial charge in [-0.1, -0.05) is 6.07 Å². The topological polar surface area (TPSA) is 38.9 Å². The van der Waals surface area contributed by atoms with Crippen LogP contribution in [-0.4, -0.2) is 11.5 Å². The highest BCUT2D eigenvalue weighted by Gasteiger charge is 1.97.